The summed E-state index contributed by atoms with van der Waals surface area (Å²) in [6.07, 6.45) is 2.54. The Bertz CT molecular complexity index is 537. The van der Waals surface area contributed by atoms with Gasteiger partial charge in [0.05, 0.1) is 13.2 Å². The number of halogens is 1. The van der Waals surface area contributed by atoms with Gasteiger partial charge in [0.25, 0.3) is 0 Å². The normalized spacial score (nSPS) is 17.4. The highest BCUT2D eigenvalue weighted by Gasteiger charge is 2.15. The molecule has 1 N–H and O–H groups in total. The Morgan fingerprint density at radius 3 is 2.83 bits per heavy atom. The lowest BCUT2D eigenvalue weighted by atomic mass is 10.3. The number of rotatable bonds is 4. The predicted molar refractivity (Wildman–Crippen MR) is 98.7 cm³/mol. The molecule has 1 fully saturated rings. The highest BCUT2D eigenvalue weighted by atomic mass is 35.5. The third kappa shape index (κ3) is 5.46. The molecule has 3 rings (SSSR count). The van der Waals surface area contributed by atoms with Crippen LogP contribution in [0.15, 0.2) is 23.1 Å². The number of amides is 1. The largest absolute Gasteiger partial charge is 0.490 e. The average Bonchev–Trinajstić information content (AvgIpc) is 2.97. The number of benzene rings is 1. The maximum atomic E-state index is 12.3. The minimum atomic E-state index is 0. The SMILES string of the molecule is Cl.O=C(CCSc1ccc2c(c1)OCCCO2)N1CCCNCC1. The molecule has 0 aliphatic carbocycles. The molecule has 1 aromatic rings. The summed E-state index contributed by atoms with van der Waals surface area (Å²) in [5.74, 6) is 2.69. The minimum Gasteiger partial charge on any atom is -0.490 e. The number of thioether (sulfide) groups is 1. The van der Waals surface area contributed by atoms with Crippen LogP contribution in [0.2, 0.25) is 0 Å². The van der Waals surface area contributed by atoms with Gasteiger partial charge in [-0.15, -0.1) is 24.2 Å². The summed E-state index contributed by atoms with van der Waals surface area (Å²) in [6, 6.07) is 6.02. The monoisotopic (exact) mass is 372 g/mol. The summed E-state index contributed by atoms with van der Waals surface area (Å²) in [6.45, 7) is 5.02. The van der Waals surface area contributed by atoms with Crippen molar-refractivity contribution in [3.8, 4) is 11.5 Å². The van der Waals surface area contributed by atoms with Crippen LogP contribution in [-0.2, 0) is 4.79 Å². The van der Waals surface area contributed by atoms with E-state index < -0.39 is 0 Å². The van der Waals surface area contributed by atoms with E-state index in [1.54, 1.807) is 11.8 Å². The summed E-state index contributed by atoms with van der Waals surface area (Å²) < 4.78 is 11.3. The van der Waals surface area contributed by atoms with Crippen LogP contribution < -0.4 is 14.8 Å². The molecule has 1 amide bonds. The van der Waals surface area contributed by atoms with E-state index in [1.807, 2.05) is 23.1 Å². The van der Waals surface area contributed by atoms with Gasteiger partial charge < -0.3 is 19.7 Å². The molecular formula is C17H25ClN2O3S. The van der Waals surface area contributed by atoms with Crippen molar-refractivity contribution in [3.05, 3.63) is 18.2 Å². The van der Waals surface area contributed by atoms with Crippen LogP contribution in [0.3, 0.4) is 0 Å². The van der Waals surface area contributed by atoms with Gasteiger partial charge in [0.1, 0.15) is 0 Å². The number of nitrogens with zero attached hydrogens (tertiary/aromatic N) is 1. The highest BCUT2D eigenvalue weighted by Crippen LogP contribution is 2.34. The molecule has 0 saturated carbocycles. The zero-order chi connectivity index (χ0) is 15.9. The minimum absolute atomic E-state index is 0. The molecule has 2 aliphatic heterocycles. The van der Waals surface area contributed by atoms with Gasteiger partial charge in [-0.25, -0.2) is 0 Å². The summed E-state index contributed by atoms with van der Waals surface area (Å²) >= 11 is 1.70. The molecule has 1 saturated heterocycles. The van der Waals surface area contributed by atoms with E-state index >= 15 is 0 Å². The molecular weight excluding hydrogens is 348 g/mol. The smallest absolute Gasteiger partial charge is 0.223 e. The number of fused-ring (bicyclic) bond motifs is 1. The van der Waals surface area contributed by atoms with Gasteiger partial charge >= 0.3 is 0 Å². The fourth-order valence-electron chi connectivity index (χ4n) is 2.74. The van der Waals surface area contributed by atoms with E-state index in [0.29, 0.717) is 19.6 Å². The fourth-order valence-corrected chi connectivity index (χ4v) is 3.61. The molecule has 2 heterocycles. The third-order valence-corrected chi connectivity index (χ3v) is 4.99. The van der Waals surface area contributed by atoms with Gasteiger partial charge in [-0.2, -0.15) is 0 Å². The second-order valence-corrected chi connectivity index (χ2v) is 6.91. The molecule has 0 bridgehead atoms. The van der Waals surface area contributed by atoms with Gasteiger partial charge in [0, 0.05) is 43.1 Å². The van der Waals surface area contributed by atoms with Crippen molar-refractivity contribution in [1.29, 1.82) is 0 Å². The van der Waals surface area contributed by atoms with Crippen molar-refractivity contribution in [2.45, 2.75) is 24.2 Å². The van der Waals surface area contributed by atoms with Crippen LogP contribution in [0.1, 0.15) is 19.3 Å². The molecule has 5 nitrogen and oxygen atoms in total. The first-order chi connectivity index (χ1) is 11.3. The summed E-state index contributed by atoms with van der Waals surface area (Å²) in [4.78, 5) is 15.4. The summed E-state index contributed by atoms with van der Waals surface area (Å²) in [7, 11) is 0. The van der Waals surface area contributed by atoms with Gasteiger partial charge in [0.2, 0.25) is 5.91 Å². The Kier molecular flexibility index (Phi) is 8.02. The maximum absolute atomic E-state index is 12.3. The zero-order valence-corrected chi connectivity index (χ0v) is 15.4. The molecule has 1 aromatic carbocycles. The highest BCUT2D eigenvalue weighted by molar-refractivity contribution is 7.99. The summed E-state index contributed by atoms with van der Waals surface area (Å²) in [5, 5.41) is 3.32. The first-order valence-electron chi connectivity index (χ1n) is 8.34. The number of hydrogen-bond acceptors (Lipinski definition) is 5. The van der Waals surface area contributed by atoms with Crippen LogP contribution in [0.25, 0.3) is 0 Å². The Morgan fingerprint density at radius 2 is 1.96 bits per heavy atom. The number of carbonyl (C=O) groups is 1. The Labute approximate surface area is 153 Å². The number of carbonyl (C=O) groups excluding carboxylic acids is 1. The molecule has 0 aromatic heterocycles. The van der Waals surface area contributed by atoms with Crippen molar-refractivity contribution in [3.63, 3.8) is 0 Å². The van der Waals surface area contributed by atoms with Crippen LogP contribution in [-0.4, -0.2) is 56.0 Å². The molecule has 0 spiro atoms. The zero-order valence-electron chi connectivity index (χ0n) is 13.8. The van der Waals surface area contributed by atoms with E-state index in [2.05, 4.69) is 5.32 Å². The molecule has 0 unspecified atom stereocenters. The molecule has 24 heavy (non-hydrogen) atoms. The molecule has 0 radical (unpaired) electrons. The van der Waals surface area contributed by atoms with Crippen LogP contribution >= 0.6 is 24.2 Å². The Balaban J connectivity index is 0.00000208. The topological polar surface area (TPSA) is 50.8 Å². The predicted octanol–water partition coefficient (Wildman–Crippen LogP) is 2.57. The van der Waals surface area contributed by atoms with E-state index in [9.17, 15) is 4.79 Å². The number of nitrogens with one attached hydrogen (secondary N) is 1. The van der Waals surface area contributed by atoms with Crippen LogP contribution in [0.5, 0.6) is 11.5 Å². The average molecular weight is 373 g/mol. The van der Waals surface area contributed by atoms with Crippen LogP contribution in [0.4, 0.5) is 0 Å². The Morgan fingerprint density at radius 1 is 1.12 bits per heavy atom. The number of hydrogen-bond donors (Lipinski definition) is 1. The number of ether oxygens (including phenoxy) is 2. The van der Waals surface area contributed by atoms with Crippen molar-refractivity contribution in [2.75, 3.05) is 45.1 Å². The van der Waals surface area contributed by atoms with Crippen molar-refractivity contribution < 1.29 is 14.3 Å². The van der Waals surface area contributed by atoms with Crippen molar-refractivity contribution >= 4 is 30.1 Å². The molecule has 0 atom stereocenters. The molecule has 134 valence electrons. The second-order valence-electron chi connectivity index (χ2n) is 5.74. The van der Waals surface area contributed by atoms with Gasteiger partial charge in [-0.3, -0.25) is 4.79 Å². The van der Waals surface area contributed by atoms with E-state index in [1.165, 1.54) is 0 Å². The van der Waals surface area contributed by atoms with E-state index in [0.717, 1.165) is 61.2 Å². The molecule has 7 heteroatoms. The maximum Gasteiger partial charge on any atom is 0.223 e. The van der Waals surface area contributed by atoms with Crippen molar-refractivity contribution in [1.82, 2.24) is 10.2 Å². The third-order valence-electron chi connectivity index (χ3n) is 4.00. The lowest BCUT2D eigenvalue weighted by Crippen LogP contribution is -2.34. The molecule has 2 aliphatic rings. The second kappa shape index (κ2) is 10.0. The first kappa shape index (κ1) is 19.2. The standard InChI is InChI=1S/C17H24N2O3S.ClH/c20-17(19-8-1-6-18-7-9-19)5-12-23-14-3-4-15-16(13-14)22-11-2-10-21-15;/h3-4,13,18H,1-2,5-12H2;1H. The Hall–Kier alpha value is -1.11. The fraction of sp³-hybridized carbons (Fsp3) is 0.588. The van der Waals surface area contributed by atoms with E-state index in [-0.39, 0.29) is 18.3 Å². The summed E-state index contributed by atoms with van der Waals surface area (Å²) in [5.41, 5.74) is 0. The van der Waals surface area contributed by atoms with Gasteiger partial charge in [-0.1, -0.05) is 0 Å². The first-order valence-corrected chi connectivity index (χ1v) is 9.32. The lowest BCUT2D eigenvalue weighted by molar-refractivity contribution is -0.130. The van der Waals surface area contributed by atoms with Gasteiger partial charge in [0.15, 0.2) is 11.5 Å². The van der Waals surface area contributed by atoms with E-state index in [4.69, 9.17) is 9.47 Å². The van der Waals surface area contributed by atoms with Crippen molar-refractivity contribution in [2.24, 2.45) is 0 Å². The van der Waals surface area contributed by atoms with Crippen LogP contribution in [0, 0.1) is 0 Å². The quantitative estimate of drug-likeness (QED) is 0.823. The van der Waals surface area contributed by atoms with Gasteiger partial charge in [-0.05, 0) is 31.2 Å². The lowest BCUT2D eigenvalue weighted by Gasteiger charge is -2.19.